The third kappa shape index (κ3) is 3.30. The summed E-state index contributed by atoms with van der Waals surface area (Å²) in [5, 5.41) is 3.22. The SMILES string of the molecule is CCCNc1nccc(N2CCN(C)CC2)n1. The lowest BCUT2D eigenvalue weighted by Crippen LogP contribution is -2.44. The van der Waals surface area contributed by atoms with Crippen LogP contribution in [0, 0.1) is 0 Å². The van der Waals surface area contributed by atoms with Crippen LogP contribution in [0.3, 0.4) is 0 Å². The summed E-state index contributed by atoms with van der Waals surface area (Å²) in [6.45, 7) is 7.34. The van der Waals surface area contributed by atoms with Crippen LogP contribution in [0.25, 0.3) is 0 Å². The van der Waals surface area contributed by atoms with Gasteiger partial charge in [0, 0.05) is 38.9 Å². The van der Waals surface area contributed by atoms with Crippen molar-refractivity contribution in [3.05, 3.63) is 12.3 Å². The lowest BCUT2D eigenvalue weighted by Gasteiger charge is -2.33. The zero-order valence-electron chi connectivity index (χ0n) is 10.7. The first-order valence-electron chi connectivity index (χ1n) is 6.30. The zero-order chi connectivity index (χ0) is 12.1. The molecule has 0 aliphatic carbocycles. The first-order chi connectivity index (χ1) is 8.29. The fourth-order valence-electron chi connectivity index (χ4n) is 1.88. The van der Waals surface area contributed by atoms with Gasteiger partial charge in [-0.15, -0.1) is 0 Å². The lowest BCUT2D eigenvalue weighted by atomic mass is 10.3. The molecular formula is C12H21N5. The number of anilines is 2. The average molecular weight is 235 g/mol. The lowest BCUT2D eigenvalue weighted by molar-refractivity contribution is 0.312. The maximum atomic E-state index is 4.54. The van der Waals surface area contributed by atoms with Crippen molar-refractivity contribution in [2.45, 2.75) is 13.3 Å². The van der Waals surface area contributed by atoms with Gasteiger partial charge in [0.25, 0.3) is 0 Å². The van der Waals surface area contributed by atoms with E-state index in [0.717, 1.165) is 50.9 Å². The summed E-state index contributed by atoms with van der Waals surface area (Å²) in [5.41, 5.74) is 0. The maximum Gasteiger partial charge on any atom is 0.224 e. The summed E-state index contributed by atoms with van der Waals surface area (Å²) < 4.78 is 0. The minimum absolute atomic E-state index is 0.739. The van der Waals surface area contributed by atoms with E-state index in [9.17, 15) is 0 Å². The quantitative estimate of drug-likeness (QED) is 0.845. The third-order valence-corrected chi connectivity index (χ3v) is 3.00. The molecule has 1 aromatic rings. The normalized spacial score (nSPS) is 17.2. The van der Waals surface area contributed by atoms with Gasteiger partial charge in [-0.3, -0.25) is 0 Å². The first kappa shape index (κ1) is 12.1. The topological polar surface area (TPSA) is 44.3 Å². The van der Waals surface area contributed by atoms with E-state index in [1.54, 1.807) is 0 Å². The van der Waals surface area contributed by atoms with Gasteiger partial charge in [-0.25, -0.2) is 4.98 Å². The molecule has 5 nitrogen and oxygen atoms in total. The Hall–Kier alpha value is -1.36. The largest absolute Gasteiger partial charge is 0.354 e. The molecule has 0 amide bonds. The third-order valence-electron chi connectivity index (χ3n) is 3.00. The van der Waals surface area contributed by atoms with Crippen LogP contribution in [0.2, 0.25) is 0 Å². The minimum Gasteiger partial charge on any atom is -0.354 e. The molecule has 1 aliphatic heterocycles. The Labute approximate surface area is 103 Å². The van der Waals surface area contributed by atoms with Crippen molar-refractivity contribution in [3.63, 3.8) is 0 Å². The van der Waals surface area contributed by atoms with Crippen molar-refractivity contribution in [1.29, 1.82) is 0 Å². The maximum absolute atomic E-state index is 4.54. The molecule has 1 aromatic heterocycles. The van der Waals surface area contributed by atoms with Crippen LogP contribution in [0.4, 0.5) is 11.8 Å². The first-order valence-corrected chi connectivity index (χ1v) is 6.30. The number of aromatic nitrogens is 2. The summed E-state index contributed by atoms with van der Waals surface area (Å²) in [4.78, 5) is 13.4. The Morgan fingerprint density at radius 3 is 2.76 bits per heavy atom. The Kier molecular flexibility index (Phi) is 4.14. The molecule has 1 N–H and O–H groups in total. The highest BCUT2D eigenvalue weighted by Gasteiger charge is 2.15. The van der Waals surface area contributed by atoms with Crippen LogP contribution in [-0.2, 0) is 0 Å². The van der Waals surface area contributed by atoms with E-state index in [1.807, 2.05) is 12.3 Å². The van der Waals surface area contributed by atoms with Gasteiger partial charge in [0.15, 0.2) is 0 Å². The van der Waals surface area contributed by atoms with E-state index < -0.39 is 0 Å². The molecule has 1 saturated heterocycles. The van der Waals surface area contributed by atoms with E-state index in [1.165, 1.54) is 0 Å². The smallest absolute Gasteiger partial charge is 0.224 e. The predicted octanol–water partition coefficient (Wildman–Crippen LogP) is 1.05. The molecule has 17 heavy (non-hydrogen) atoms. The number of rotatable bonds is 4. The monoisotopic (exact) mass is 235 g/mol. The van der Waals surface area contributed by atoms with Gasteiger partial charge in [0.1, 0.15) is 5.82 Å². The molecule has 0 spiro atoms. The second kappa shape index (κ2) is 5.82. The zero-order valence-corrected chi connectivity index (χ0v) is 10.7. The summed E-state index contributed by atoms with van der Waals surface area (Å²) in [6.07, 6.45) is 2.92. The molecule has 0 unspecified atom stereocenters. The van der Waals surface area contributed by atoms with Gasteiger partial charge in [0.05, 0.1) is 0 Å². The number of nitrogens with one attached hydrogen (secondary N) is 1. The van der Waals surface area contributed by atoms with Crippen molar-refractivity contribution in [1.82, 2.24) is 14.9 Å². The molecule has 2 rings (SSSR count). The fraction of sp³-hybridized carbons (Fsp3) is 0.667. The fourth-order valence-corrected chi connectivity index (χ4v) is 1.88. The highest BCUT2D eigenvalue weighted by Crippen LogP contribution is 2.14. The highest BCUT2D eigenvalue weighted by molar-refractivity contribution is 5.42. The van der Waals surface area contributed by atoms with Gasteiger partial charge in [-0.2, -0.15) is 4.98 Å². The molecule has 0 radical (unpaired) electrons. The number of piperazine rings is 1. The Morgan fingerprint density at radius 1 is 1.29 bits per heavy atom. The highest BCUT2D eigenvalue weighted by atomic mass is 15.3. The van der Waals surface area contributed by atoms with Crippen LogP contribution in [-0.4, -0.2) is 54.6 Å². The molecule has 2 heterocycles. The van der Waals surface area contributed by atoms with Gasteiger partial charge in [0.2, 0.25) is 5.95 Å². The van der Waals surface area contributed by atoms with Crippen molar-refractivity contribution in [2.24, 2.45) is 0 Å². The molecule has 1 aliphatic rings. The predicted molar refractivity (Wildman–Crippen MR) is 70.5 cm³/mol. The molecule has 5 heteroatoms. The minimum atomic E-state index is 0.739. The molecule has 0 bridgehead atoms. The van der Waals surface area contributed by atoms with Crippen LogP contribution >= 0.6 is 0 Å². The van der Waals surface area contributed by atoms with Crippen molar-refractivity contribution in [3.8, 4) is 0 Å². The molecule has 0 aromatic carbocycles. The molecule has 1 fully saturated rings. The number of hydrogen-bond acceptors (Lipinski definition) is 5. The van der Waals surface area contributed by atoms with Crippen molar-refractivity contribution < 1.29 is 0 Å². The van der Waals surface area contributed by atoms with Crippen molar-refractivity contribution >= 4 is 11.8 Å². The second-order valence-corrected chi connectivity index (χ2v) is 4.46. The summed E-state index contributed by atoms with van der Waals surface area (Å²) in [7, 11) is 2.16. The van der Waals surface area contributed by atoms with Crippen LogP contribution in [0.1, 0.15) is 13.3 Å². The Morgan fingerprint density at radius 2 is 2.06 bits per heavy atom. The molecule has 0 atom stereocenters. The number of hydrogen-bond donors (Lipinski definition) is 1. The average Bonchev–Trinajstić information content (AvgIpc) is 2.37. The van der Waals surface area contributed by atoms with Gasteiger partial charge in [-0.1, -0.05) is 6.92 Å². The van der Waals surface area contributed by atoms with E-state index in [4.69, 9.17) is 0 Å². The molecule has 94 valence electrons. The van der Waals surface area contributed by atoms with E-state index >= 15 is 0 Å². The summed E-state index contributed by atoms with van der Waals surface area (Å²) in [6, 6.07) is 1.99. The van der Waals surface area contributed by atoms with Gasteiger partial charge >= 0.3 is 0 Å². The standard InChI is InChI=1S/C12H21N5/c1-3-5-13-12-14-6-4-11(15-12)17-9-7-16(2)8-10-17/h4,6H,3,5,7-10H2,1-2H3,(H,13,14,15). The molecular weight excluding hydrogens is 214 g/mol. The number of likely N-dealkylation sites (N-methyl/N-ethyl adjacent to an activating group) is 1. The number of nitrogens with zero attached hydrogens (tertiary/aromatic N) is 4. The summed E-state index contributed by atoms with van der Waals surface area (Å²) >= 11 is 0. The van der Waals surface area contributed by atoms with Crippen molar-refractivity contribution in [2.75, 3.05) is 50.0 Å². The van der Waals surface area contributed by atoms with E-state index in [-0.39, 0.29) is 0 Å². The van der Waals surface area contributed by atoms with Gasteiger partial charge in [-0.05, 0) is 19.5 Å². The van der Waals surface area contributed by atoms with Gasteiger partial charge < -0.3 is 15.1 Å². The summed E-state index contributed by atoms with van der Waals surface area (Å²) in [5.74, 6) is 1.77. The van der Waals surface area contributed by atoms with E-state index in [2.05, 4.69) is 39.1 Å². The van der Waals surface area contributed by atoms with Crippen LogP contribution in [0.5, 0.6) is 0 Å². The molecule has 0 saturated carbocycles. The Balaban J connectivity index is 2.00. The van der Waals surface area contributed by atoms with Crippen LogP contribution in [0.15, 0.2) is 12.3 Å². The Bertz CT molecular complexity index is 347. The second-order valence-electron chi connectivity index (χ2n) is 4.46. The van der Waals surface area contributed by atoms with Crippen LogP contribution < -0.4 is 10.2 Å². The van der Waals surface area contributed by atoms with E-state index in [0.29, 0.717) is 0 Å².